The van der Waals surface area contributed by atoms with E-state index in [0.29, 0.717) is 16.8 Å². The van der Waals surface area contributed by atoms with E-state index in [0.717, 1.165) is 18.2 Å². The van der Waals surface area contributed by atoms with Crippen LogP contribution < -0.4 is 10.5 Å². The second-order valence-corrected chi connectivity index (χ2v) is 5.31. The number of anilines is 1. The van der Waals surface area contributed by atoms with Gasteiger partial charge in [-0.2, -0.15) is 0 Å². The Labute approximate surface area is 99.5 Å². The fourth-order valence-electron chi connectivity index (χ4n) is 1.27. The number of hydrogen-bond acceptors (Lipinski definition) is 5. The molecule has 2 heterocycles. The molecule has 2 rings (SSSR count). The average Bonchev–Trinajstić information content (AvgIpc) is 2.15. The van der Waals surface area contributed by atoms with E-state index < -0.39 is 0 Å². The highest BCUT2D eigenvalue weighted by Gasteiger charge is 2.20. The zero-order valence-electron chi connectivity index (χ0n) is 9.47. The number of pyridine rings is 1. The van der Waals surface area contributed by atoms with Crippen molar-refractivity contribution in [3.8, 4) is 5.88 Å². The highest BCUT2D eigenvalue weighted by atomic mass is 32.2. The van der Waals surface area contributed by atoms with Gasteiger partial charge in [0.05, 0.1) is 30.3 Å². The molecule has 0 unspecified atom stereocenters. The summed E-state index contributed by atoms with van der Waals surface area (Å²) in [7, 11) is 0. The van der Waals surface area contributed by atoms with Gasteiger partial charge in [-0.1, -0.05) is 11.8 Å². The number of nitrogen functional groups attached to an aromatic ring is 1. The summed E-state index contributed by atoms with van der Waals surface area (Å²) in [6.45, 7) is 5.52. The van der Waals surface area contributed by atoms with Gasteiger partial charge in [-0.25, -0.2) is 4.98 Å². The van der Waals surface area contributed by atoms with Crippen LogP contribution in [0.15, 0.2) is 17.2 Å². The summed E-state index contributed by atoms with van der Waals surface area (Å²) < 4.78 is 10.7. The van der Waals surface area contributed by atoms with Gasteiger partial charge >= 0.3 is 0 Å². The van der Waals surface area contributed by atoms with Crippen molar-refractivity contribution < 1.29 is 9.47 Å². The standard InChI is InChI=1S/C11H16N2O2S/c1-7(2)15-11-9(12)3-4-10(13-11)16-8-5-14-6-8/h3-4,7-8H,5-6,12H2,1-2H3. The van der Waals surface area contributed by atoms with E-state index in [1.165, 1.54) is 0 Å². The Morgan fingerprint density at radius 1 is 1.50 bits per heavy atom. The Morgan fingerprint density at radius 2 is 2.25 bits per heavy atom. The molecule has 5 heteroatoms. The van der Waals surface area contributed by atoms with Crippen LogP contribution in [0.5, 0.6) is 5.88 Å². The fraction of sp³-hybridized carbons (Fsp3) is 0.545. The Morgan fingerprint density at radius 3 is 2.81 bits per heavy atom. The minimum Gasteiger partial charge on any atom is -0.473 e. The molecule has 16 heavy (non-hydrogen) atoms. The van der Waals surface area contributed by atoms with Gasteiger partial charge < -0.3 is 15.2 Å². The van der Waals surface area contributed by atoms with Gasteiger partial charge in [0.15, 0.2) is 0 Å². The van der Waals surface area contributed by atoms with Crippen LogP contribution >= 0.6 is 11.8 Å². The number of nitrogens with two attached hydrogens (primary N) is 1. The molecule has 1 saturated heterocycles. The molecule has 0 amide bonds. The lowest BCUT2D eigenvalue weighted by atomic mass is 10.4. The maximum Gasteiger partial charge on any atom is 0.238 e. The van der Waals surface area contributed by atoms with Crippen LogP contribution in [0.2, 0.25) is 0 Å². The summed E-state index contributed by atoms with van der Waals surface area (Å²) in [6.07, 6.45) is 0.0853. The van der Waals surface area contributed by atoms with Crippen LogP contribution in [0.3, 0.4) is 0 Å². The van der Waals surface area contributed by atoms with Gasteiger partial charge in [0, 0.05) is 0 Å². The first-order valence-electron chi connectivity index (χ1n) is 5.32. The SMILES string of the molecule is CC(C)Oc1nc(SC2COC2)ccc1N. The molecular weight excluding hydrogens is 224 g/mol. The summed E-state index contributed by atoms with van der Waals surface area (Å²) in [4.78, 5) is 4.39. The second-order valence-electron chi connectivity index (χ2n) is 3.99. The van der Waals surface area contributed by atoms with Gasteiger partial charge in [-0.15, -0.1) is 0 Å². The van der Waals surface area contributed by atoms with E-state index in [-0.39, 0.29) is 6.10 Å². The van der Waals surface area contributed by atoms with Gasteiger partial charge in [0.25, 0.3) is 0 Å². The van der Waals surface area contributed by atoms with Crippen molar-refractivity contribution in [2.24, 2.45) is 0 Å². The number of thioether (sulfide) groups is 1. The lowest BCUT2D eigenvalue weighted by molar-refractivity contribution is 0.0454. The first-order chi connectivity index (χ1) is 7.65. The molecule has 0 radical (unpaired) electrons. The van der Waals surface area contributed by atoms with E-state index in [1.54, 1.807) is 11.8 Å². The third-order valence-electron chi connectivity index (χ3n) is 2.11. The molecule has 0 aliphatic carbocycles. The van der Waals surface area contributed by atoms with E-state index in [4.69, 9.17) is 15.2 Å². The number of nitrogens with zero attached hydrogens (tertiary/aromatic N) is 1. The van der Waals surface area contributed by atoms with Crippen LogP contribution in [0, 0.1) is 0 Å². The zero-order valence-corrected chi connectivity index (χ0v) is 10.3. The lowest BCUT2D eigenvalue weighted by Gasteiger charge is -2.24. The van der Waals surface area contributed by atoms with Crippen molar-refractivity contribution >= 4 is 17.4 Å². The van der Waals surface area contributed by atoms with Crippen molar-refractivity contribution in [1.29, 1.82) is 0 Å². The molecule has 0 saturated carbocycles. The number of aromatic nitrogens is 1. The van der Waals surface area contributed by atoms with Gasteiger partial charge in [-0.05, 0) is 26.0 Å². The third kappa shape index (κ3) is 2.80. The van der Waals surface area contributed by atoms with E-state index in [9.17, 15) is 0 Å². The molecule has 1 aliphatic rings. The number of rotatable bonds is 4. The van der Waals surface area contributed by atoms with Crippen LogP contribution in [0.1, 0.15) is 13.8 Å². The van der Waals surface area contributed by atoms with Crippen LogP contribution in [0.25, 0.3) is 0 Å². The molecular formula is C11H16N2O2S. The zero-order chi connectivity index (χ0) is 11.5. The molecule has 4 nitrogen and oxygen atoms in total. The molecule has 0 aromatic carbocycles. The fourth-order valence-corrected chi connectivity index (χ4v) is 2.22. The highest BCUT2D eigenvalue weighted by Crippen LogP contribution is 2.30. The van der Waals surface area contributed by atoms with Crippen LogP contribution in [0.4, 0.5) is 5.69 Å². The summed E-state index contributed by atoms with van der Waals surface area (Å²) in [5.41, 5.74) is 6.38. The molecule has 0 spiro atoms. The second kappa shape index (κ2) is 4.93. The van der Waals surface area contributed by atoms with E-state index in [2.05, 4.69) is 4.98 Å². The summed E-state index contributed by atoms with van der Waals surface area (Å²) >= 11 is 1.71. The van der Waals surface area contributed by atoms with Crippen molar-refractivity contribution in [3.05, 3.63) is 12.1 Å². The molecule has 88 valence electrons. The minimum atomic E-state index is 0.0853. The van der Waals surface area contributed by atoms with Crippen molar-refractivity contribution in [2.75, 3.05) is 18.9 Å². The smallest absolute Gasteiger partial charge is 0.238 e. The quantitative estimate of drug-likeness (QED) is 0.871. The summed E-state index contributed by atoms with van der Waals surface area (Å²) in [5, 5.41) is 1.46. The predicted molar refractivity (Wildman–Crippen MR) is 64.9 cm³/mol. The van der Waals surface area contributed by atoms with Gasteiger partial charge in [0.2, 0.25) is 5.88 Å². The van der Waals surface area contributed by atoms with Gasteiger partial charge in [-0.3, -0.25) is 0 Å². The largest absolute Gasteiger partial charge is 0.473 e. The Bertz CT molecular complexity index is 367. The Hall–Kier alpha value is -0.940. The van der Waals surface area contributed by atoms with Crippen LogP contribution in [-0.2, 0) is 4.74 Å². The van der Waals surface area contributed by atoms with E-state index in [1.807, 2.05) is 26.0 Å². The van der Waals surface area contributed by atoms with Crippen LogP contribution in [-0.4, -0.2) is 29.6 Å². The van der Waals surface area contributed by atoms with Crippen molar-refractivity contribution in [2.45, 2.75) is 30.2 Å². The first-order valence-corrected chi connectivity index (χ1v) is 6.20. The average molecular weight is 240 g/mol. The normalized spacial score (nSPS) is 16.2. The summed E-state index contributed by atoms with van der Waals surface area (Å²) in [5.74, 6) is 0.528. The predicted octanol–water partition coefficient (Wildman–Crippen LogP) is 1.94. The topological polar surface area (TPSA) is 57.4 Å². The maximum atomic E-state index is 5.79. The Balaban J connectivity index is 2.07. The third-order valence-corrected chi connectivity index (χ3v) is 3.18. The lowest BCUT2D eigenvalue weighted by Crippen LogP contribution is -2.30. The monoisotopic (exact) mass is 240 g/mol. The minimum absolute atomic E-state index is 0.0853. The summed E-state index contributed by atoms with van der Waals surface area (Å²) in [6, 6.07) is 3.76. The number of hydrogen-bond donors (Lipinski definition) is 1. The van der Waals surface area contributed by atoms with E-state index >= 15 is 0 Å². The first kappa shape index (κ1) is 11.5. The van der Waals surface area contributed by atoms with Crippen molar-refractivity contribution in [1.82, 2.24) is 4.98 Å². The number of ether oxygens (including phenoxy) is 2. The molecule has 1 aromatic heterocycles. The molecule has 1 fully saturated rings. The molecule has 1 aliphatic heterocycles. The molecule has 1 aromatic rings. The molecule has 0 bridgehead atoms. The maximum absolute atomic E-state index is 5.79. The Kier molecular flexibility index (Phi) is 3.56. The van der Waals surface area contributed by atoms with Crippen molar-refractivity contribution in [3.63, 3.8) is 0 Å². The molecule has 2 N–H and O–H groups in total. The highest BCUT2D eigenvalue weighted by molar-refractivity contribution is 8.00. The molecule has 0 atom stereocenters. The van der Waals surface area contributed by atoms with Gasteiger partial charge in [0.1, 0.15) is 5.03 Å².